The van der Waals surface area contributed by atoms with Crippen LogP contribution in [-0.4, -0.2) is 0 Å². The van der Waals surface area contributed by atoms with Gasteiger partial charge in [0.25, 0.3) is 0 Å². The molecule has 3 aromatic carbocycles. The molecule has 0 heteroatoms. The van der Waals surface area contributed by atoms with Crippen molar-refractivity contribution >= 4 is 6.08 Å². The van der Waals surface area contributed by atoms with Gasteiger partial charge in [-0.2, -0.15) is 0 Å². The van der Waals surface area contributed by atoms with Crippen molar-refractivity contribution in [3.63, 3.8) is 0 Å². The second-order valence-corrected chi connectivity index (χ2v) is 9.31. The van der Waals surface area contributed by atoms with Gasteiger partial charge in [0, 0.05) is 5.92 Å². The lowest BCUT2D eigenvalue weighted by atomic mass is 9.83. The minimum Gasteiger partial charge on any atom is -0.0619 e. The average Bonchev–Trinajstić information content (AvgIpc) is 3.07. The van der Waals surface area contributed by atoms with Crippen LogP contribution in [0, 0.1) is 5.92 Å². The number of hydrogen-bond acceptors (Lipinski definition) is 0. The number of allylic oxidation sites excluding steroid dienone is 1. The van der Waals surface area contributed by atoms with Gasteiger partial charge < -0.3 is 0 Å². The molecule has 0 spiro atoms. The average molecular weight is 367 g/mol. The molecule has 0 amide bonds. The van der Waals surface area contributed by atoms with Crippen LogP contribution in [0.25, 0.3) is 17.2 Å². The lowest BCUT2D eigenvalue weighted by Crippen LogP contribution is -2.10. The summed E-state index contributed by atoms with van der Waals surface area (Å²) in [6.07, 6.45) is 2.39. The van der Waals surface area contributed by atoms with E-state index in [4.69, 9.17) is 0 Å². The van der Waals surface area contributed by atoms with Gasteiger partial charge in [-0.05, 0) is 44.7 Å². The Morgan fingerprint density at radius 2 is 1.29 bits per heavy atom. The van der Waals surface area contributed by atoms with Crippen molar-refractivity contribution < 1.29 is 0 Å². The van der Waals surface area contributed by atoms with E-state index in [1.54, 1.807) is 0 Å². The van der Waals surface area contributed by atoms with Crippen LogP contribution >= 0.6 is 0 Å². The van der Waals surface area contributed by atoms with E-state index in [1.165, 1.54) is 39.0 Å². The first-order valence-corrected chi connectivity index (χ1v) is 10.4. The summed E-state index contributed by atoms with van der Waals surface area (Å²) in [6, 6.07) is 27.0. The fraction of sp³-hybridized carbons (Fsp3) is 0.286. The van der Waals surface area contributed by atoms with Crippen LogP contribution in [0.2, 0.25) is 0 Å². The second kappa shape index (κ2) is 7.09. The van der Waals surface area contributed by atoms with Crippen LogP contribution < -0.4 is 0 Å². The first-order valence-electron chi connectivity index (χ1n) is 10.4. The molecule has 28 heavy (non-hydrogen) atoms. The Hall–Kier alpha value is -2.60. The van der Waals surface area contributed by atoms with Crippen molar-refractivity contribution in [3.05, 3.63) is 101 Å². The lowest BCUT2D eigenvalue weighted by molar-refractivity contribution is 0.590. The van der Waals surface area contributed by atoms with Crippen molar-refractivity contribution in [2.75, 3.05) is 0 Å². The predicted octanol–water partition coefficient (Wildman–Crippen LogP) is 7.84. The minimum atomic E-state index is 0.192. The van der Waals surface area contributed by atoms with Gasteiger partial charge in [0.2, 0.25) is 0 Å². The fourth-order valence-electron chi connectivity index (χ4n) is 4.25. The van der Waals surface area contributed by atoms with Gasteiger partial charge in [0.15, 0.2) is 0 Å². The molecular weight excluding hydrogens is 336 g/mol. The summed E-state index contributed by atoms with van der Waals surface area (Å²) in [6.45, 7) is 11.4. The molecule has 0 N–H and O–H groups in total. The zero-order valence-electron chi connectivity index (χ0n) is 17.7. The Morgan fingerprint density at radius 1 is 0.714 bits per heavy atom. The SMILES string of the molecule is CC(C)C1=Cc2ccccc2C1c1ccc(-c2ccc(C(C)(C)C)cc2)cc1. The first kappa shape index (κ1) is 18.7. The van der Waals surface area contributed by atoms with Gasteiger partial charge in [-0.1, -0.05) is 119 Å². The molecule has 4 rings (SSSR count). The smallest absolute Gasteiger partial charge is 0.0310 e. The van der Waals surface area contributed by atoms with Crippen LogP contribution in [0.1, 0.15) is 62.8 Å². The maximum absolute atomic E-state index is 2.39. The molecule has 0 aromatic heterocycles. The van der Waals surface area contributed by atoms with Gasteiger partial charge >= 0.3 is 0 Å². The Kier molecular flexibility index (Phi) is 4.75. The van der Waals surface area contributed by atoms with E-state index in [0.717, 1.165) is 0 Å². The Balaban J connectivity index is 1.66. The van der Waals surface area contributed by atoms with Crippen LogP contribution in [0.4, 0.5) is 0 Å². The van der Waals surface area contributed by atoms with Crippen LogP contribution in [0.15, 0.2) is 78.4 Å². The monoisotopic (exact) mass is 366 g/mol. The molecule has 1 aliphatic carbocycles. The van der Waals surface area contributed by atoms with Crippen molar-refractivity contribution in [1.82, 2.24) is 0 Å². The van der Waals surface area contributed by atoms with E-state index >= 15 is 0 Å². The maximum atomic E-state index is 2.39. The first-order chi connectivity index (χ1) is 13.3. The van der Waals surface area contributed by atoms with E-state index in [1.807, 2.05) is 0 Å². The van der Waals surface area contributed by atoms with Crippen LogP contribution in [0.5, 0.6) is 0 Å². The highest BCUT2D eigenvalue weighted by molar-refractivity contribution is 5.71. The molecule has 0 fully saturated rings. The molecule has 0 saturated heterocycles. The third-order valence-corrected chi connectivity index (χ3v) is 5.96. The third kappa shape index (κ3) is 3.44. The summed E-state index contributed by atoms with van der Waals surface area (Å²) >= 11 is 0. The predicted molar refractivity (Wildman–Crippen MR) is 122 cm³/mol. The molecule has 3 aromatic rings. The summed E-state index contributed by atoms with van der Waals surface area (Å²) < 4.78 is 0. The van der Waals surface area contributed by atoms with Gasteiger partial charge in [-0.15, -0.1) is 0 Å². The Morgan fingerprint density at radius 3 is 1.86 bits per heavy atom. The highest BCUT2D eigenvalue weighted by atomic mass is 14.3. The number of benzene rings is 3. The van der Waals surface area contributed by atoms with Gasteiger partial charge in [0.1, 0.15) is 0 Å². The van der Waals surface area contributed by atoms with E-state index in [9.17, 15) is 0 Å². The topological polar surface area (TPSA) is 0 Å². The van der Waals surface area contributed by atoms with Gasteiger partial charge in [0.05, 0.1) is 0 Å². The highest BCUT2D eigenvalue weighted by Crippen LogP contribution is 2.44. The second-order valence-electron chi connectivity index (χ2n) is 9.31. The highest BCUT2D eigenvalue weighted by Gasteiger charge is 2.27. The summed E-state index contributed by atoms with van der Waals surface area (Å²) in [7, 11) is 0. The summed E-state index contributed by atoms with van der Waals surface area (Å²) in [5.74, 6) is 0.926. The molecule has 0 heterocycles. The maximum Gasteiger partial charge on any atom is 0.0310 e. The molecule has 0 aliphatic heterocycles. The standard InChI is InChI=1S/C28H30/c1-19(2)26-18-23-8-6-7-9-25(23)27(26)22-12-10-20(11-13-22)21-14-16-24(17-15-21)28(3,4)5/h6-19,27H,1-5H3. The summed E-state index contributed by atoms with van der Waals surface area (Å²) in [4.78, 5) is 0. The summed E-state index contributed by atoms with van der Waals surface area (Å²) in [5.41, 5.74) is 9.85. The van der Waals surface area contributed by atoms with Crippen molar-refractivity contribution in [3.8, 4) is 11.1 Å². The van der Waals surface area contributed by atoms with E-state index in [-0.39, 0.29) is 5.41 Å². The Labute approximate surface area is 169 Å². The van der Waals surface area contributed by atoms with E-state index in [2.05, 4.69) is 113 Å². The fourth-order valence-corrected chi connectivity index (χ4v) is 4.25. The quantitative estimate of drug-likeness (QED) is 0.443. The molecule has 1 unspecified atom stereocenters. The van der Waals surface area contributed by atoms with Crippen molar-refractivity contribution in [1.29, 1.82) is 0 Å². The van der Waals surface area contributed by atoms with E-state index in [0.29, 0.717) is 11.8 Å². The number of fused-ring (bicyclic) bond motifs is 1. The molecule has 0 radical (unpaired) electrons. The van der Waals surface area contributed by atoms with Gasteiger partial charge in [-0.3, -0.25) is 0 Å². The molecule has 1 aliphatic rings. The largest absolute Gasteiger partial charge is 0.0619 e. The molecule has 0 saturated carbocycles. The number of hydrogen-bond donors (Lipinski definition) is 0. The minimum absolute atomic E-state index is 0.192. The van der Waals surface area contributed by atoms with Crippen LogP contribution in [0.3, 0.4) is 0 Å². The molecule has 0 nitrogen and oxygen atoms in total. The van der Waals surface area contributed by atoms with E-state index < -0.39 is 0 Å². The third-order valence-electron chi connectivity index (χ3n) is 5.96. The number of rotatable bonds is 3. The van der Waals surface area contributed by atoms with Crippen molar-refractivity contribution in [2.24, 2.45) is 5.92 Å². The van der Waals surface area contributed by atoms with Gasteiger partial charge in [-0.25, -0.2) is 0 Å². The normalized spacial score (nSPS) is 16.2. The summed E-state index contributed by atoms with van der Waals surface area (Å²) in [5, 5.41) is 0. The Bertz CT molecular complexity index is 993. The van der Waals surface area contributed by atoms with Crippen LogP contribution in [-0.2, 0) is 5.41 Å². The van der Waals surface area contributed by atoms with Crippen molar-refractivity contribution in [2.45, 2.75) is 46.0 Å². The molecule has 1 atom stereocenters. The lowest BCUT2D eigenvalue weighted by Gasteiger charge is -2.21. The molecular formula is C28H30. The zero-order chi connectivity index (χ0) is 19.9. The molecule has 142 valence electrons. The zero-order valence-corrected chi connectivity index (χ0v) is 17.7. The molecule has 0 bridgehead atoms.